The van der Waals surface area contributed by atoms with Crippen LogP contribution < -0.4 is 16.4 Å². The quantitative estimate of drug-likeness (QED) is 0.266. The van der Waals surface area contributed by atoms with Crippen LogP contribution in [0.1, 0.15) is 20.7 Å². The lowest BCUT2D eigenvalue weighted by atomic mass is 9.95. The molecule has 3 aromatic carbocycles. The van der Waals surface area contributed by atoms with Crippen molar-refractivity contribution in [3.63, 3.8) is 0 Å². The number of benzene rings is 3. The number of fused-ring (bicyclic) bond motifs is 1. The molecular weight excluding hydrogens is 492 g/mol. The van der Waals surface area contributed by atoms with Crippen LogP contribution >= 0.6 is 0 Å². The molecule has 0 bridgehead atoms. The number of nitrogens with two attached hydrogens (primary N) is 1. The molecule has 9 nitrogen and oxygen atoms in total. The summed E-state index contributed by atoms with van der Waals surface area (Å²) in [4.78, 5) is 48.7. The molecule has 0 saturated carbocycles. The molecular formula is C30H22N6O3. The van der Waals surface area contributed by atoms with Crippen LogP contribution in [0.2, 0.25) is 0 Å². The second-order valence-corrected chi connectivity index (χ2v) is 8.58. The van der Waals surface area contributed by atoms with Crippen molar-refractivity contribution >= 4 is 40.1 Å². The molecule has 0 saturated heterocycles. The zero-order chi connectivity index (χ0) is 27.4. The fourth-order valence-electron chi connectivity index (χ4n) is 4.10. The third-order valence-corrected chi connectivity index (χ3v) is 6.00. The smallest absolute Gasteiger partial charge is 0.256 e. The van der Waals surface area contributed by atoms with Gasteiger partial charge in [0.1, 0.15) is 12.1 Å². The molecule has 0 aliphatic heterocycles. The molecule has 0 unspecified atom stereocenters. The van der Waals surface area contributed by atoms with Gasteiger partial charge in [-0.05, 0) is 71.3 Å². The Hall–Kier alpha value is -5.70. The van der Waals surface area contributed by atoms with E-state index in [1.165, 1.54) is 30.7 Å². The number of anilines is 2. The van der Waals surface area contributed by atoms with Gasteiger partial charge in [0.2, 0.25) is 11.8 Å². The van der Waals surface area contributed by atoms with E-state index in [0.717, 1.165) is 33.2 Å². The van der Waals surface area contributed by atoms with E-state index >= 15 is 0 Å². The molecule has 5 rings (SSSR count). The number of rotatable bonds is 7. The molecule has 0 atom stereocenters. The molecule has 4 N–H and O–H groups in total. The minimum Gasteiger partial charge on any atom is -0.366 e. The molecule has 0 aliphatic carbocycles. The van der Waals surface area contributed by atoms with Crippen molar-refractivity contribution in [3.05, 3.63) is 115 Å². The lowest BCUT2D eigenvalue weighted by Crippen LogP contribution is -2.15. The number of primary amides is 1. The Morgan fingerprint density at radius 1 is 0.821 bits per heavy atom. The van der Waals surface area contributed by atoms with Crippen molar-refractivity contribution in [2.45, 2.75) is 0 Å². The summed E-state index contributed by atoms with van der Waals surface area (Å²) < 4.78 is 0. The van der Waals surface area contributed by atoms with Gasteiger partial charge in [-0.1, -0.05) is 30.8 Å². The summed E-state index contributed by atoms with van der Waals surface area (Å²) in [5.74, 6) is -1.05. The van der Waals surface area contributed by atoms with E-state index in [1.54, 1.807) is 24.4 Å². The normalized spacial score (nSPS) is 10.6. The van der Waals surface area contributed by atoms with E-state index in [0.29, 0.717) is 11.3 Å². The molecule has 5 aromatic rings. The highest BCUT2D eigenvalue weighted by Crippen LogP contribution is 2.34. The van der Waals surface area contributed by atoms with Gasteiger partial charge in [-0.3, -0.25) is 14.4 Å². The second kappa shape index (κ2) is 10.7. The molecule has 3 amide bonds. The van der Waals surface area contributed by atoms with Crippen LogP contribution in [0.15, 0.2) is 104 Å². The Bertz CT molecular complexity index is 1750. The number of pyridine rings is 1. The van der Waals surface area contributed by atoms with Gasteiger partial charge in [0.05, 0.1) is 5.52 Å². The summed E-state index contributed by atoms with van der Waals surface area (Å²) in [6.45, 7) is 3.50. The maximum absolute atomic E-state index is 12.8. The first-order valence-corrected chi connectivity index (χ1v) is 11.9. The maximum Gasteiger partial charge on any atom is 0.256 e. The van der Waals surface area contributed by atoms with Crippen LogP contribution in [0.3, 0.4) is 0 Å². The average molecular weight is 515 g/mol. The number of carbonyl (C=O) groups excluding carboxylic acids is 3. The molecule has 190 valence electrons. The molecule has 0 spiro atoms. The standard InChI is InChI=1S/C30H22N6O3/c1-2-27(37)35-24-5-3-4-20(13-24)25-14-22(12-23-16-32-17-34-28(23)25)18-6-8-19(9-7-18)30(39)36-26-15-21(29(31)38)10-11-33-26/h2-17H,1H2,(H2,31,38)(H,35,37)(H,33,36,39). The first-order valence-electron chi connectivity index (χ1n) is 11.9. The minimum atomic E-state index is -0.606. The Morgan fingerprint density at radius 2 is 1.64 bits per heavy atom. The van der Waals surface area contributed by atoms with Crippen LogP contribution in [-0.4, -0.2) is 32.7 Å². The monoisotopic (exact) mass is 514 g/mol. The summed E-state index contributed by atoms with van der Waals surface area (Å²) in [5.41, 5.74) is 10.9. The molecule has 0 radical (unpaired) electrons. The number of amides is 3. The predicted molar refractivity (Wildman–Crippen MR) is 150 cm³/mol. The second-order valence-electron chi connectivity index (χ2n) is 8.58. The molecule has 39 heavy (non-hydrogen) atoms. The number of nitrogens with one attached hydrogen (secondary N) is 2. The van der Waals surface area contributed by atoms with E-state index < -0.39 is 5.91 Å². The molecule has 0 fully saturated rings. The Labute approximate surface area is 223 Å². The highest BCUT2D eigenvalue weighted by atomic mass is 16.2. The van der Waals surface area contributed by atoms with Gasteiger partial charge >= 0.3 is 0 Å². The number of hydrogen-bond acceptors (Lipinski definition) is 6. The fourth-order valence-corrected chi connectivity index (χ4v) is 4.10. The number of aromatic nitrogens is 3. The van der Waals surface area contributed by atoms with Crippen LogP contribution in [0, 0.1) is 0 Å². The van der Waals surface area contributed by atoms with E-state index in [2.05, 4.69) is 32.2 Å². The van der Waals surface area contributed by atoms with Crippen molar-refractivity contribution in [2.75, 3.05) is 10.6 Å². The zero-order valence-electron chi connectivity index (χ0n) is 20.6. The molecule has 9 heteroatoms. The van der Waals surface area contributed by atoms with Crippen molar-refractivity contribution in [1.29, 1.82) is 0 Å². The predicted octanol–water partition coefficient (Wildman–Crippen LogP) is 4.83. The first kappa shape index (κ1) is 25.0. The summed E-state index contributed by atoms with van der Waals surface area (Å²) in [6.07, 6.45) is 5.86. The maximum atomic E-state index is 12.8. The lowest BCUT2D eigenvalue weighted by molar-refractivity contribution is -0.111. The third kappa shape index (κ3) is 5.52. The van der Waals surface area contributed by atoms with Gasteiger partial charge < -0.3 is 16.4 Å². The van der Waals surface area contributed by atoms with Crippen molar-refractivity contribution in [3.8, 4) is 22.3 Å². The van der Waals surface area contributed by atoms with Crippen LogP contribution in [0.4, 0.5) is 11.5 Å². The van der Waals surface area contributed by atoms with Crippen LogP contribution in [0.25, 0.3) is 33.2 Å². The van der Waals surface area contributed by atoms with Gasteiger partial charge in [-0.2, -0.15) is 0 Å². The summed E-state index contributed by atoms with van der Waals surface area (Å²) in [7, 11) is 0. The highest BCUT2D eigenvalue weighted by molar-refractivity contribution is 6.05. The van der Waals surface area contributed by atoms with Crippen LogP contribution in [-0.2, 0) is 4.79 Å². The number of carbonyl (C=O) groups is 3. The SMILES string of the molecule is C=CC(=O)Nc1cccc(-c2cc(-c3ccc(C(=O)Nc4cc(C(N)=O)ccn4)cc3)cc3cncnc23)c1. The average Bonchev–Trinajstić information content (AvgIpc) is 2.96. The Morgan fingerprint density at radius 3 is 2.41 bits per heavy atom. The summed E-state index contributed by atoms with van der Waals surface area (Å²) >= 11 is 0. The van der Waals surface area contributed by atoms with Gasteiger partial charge in [-0.25, -0.2) is 15.0 Å². The topological polar surface area (TPSA) is 140 Å². The first-order chi connectivity index (χ1) is 18.9. The van der Waals surface area contributed by atoms with E-state index in [9.17, 15) is 14.4 Å². The largest absolute Gasteiger partial charge is 0.366 e. The summed E-state index contributed by atoms with van der Waals surface area (Å²) in [5, 5.41) is 6.30. The number of nitrogens with zero attached hydrogens (tertiary/aromatic N) is 3. The molecule has 0 aliphatic rings. The lowest BCUT2D eigenvalue weighted by Gasteiger charge is -2.12. The third-order valence-electron chi connectivity index (χ3n) is 6.00. The van der Waals surface area contributed by atoms with E-state index in [4.69, 9.17) is 5.73 Å². The molecule has 2 aromatic heterocycles. The van der Waals surface area contributed by atoms with Gasteiger partial charge in [0.25, 0.3) is 5.91 Å². The van der Waals surface area contributed by atoms with E-state index in [-0.39, 0.29) is 23.2 Å². The fraction of sp³-hybridized carbons (Fsp3) is 0. The van der Waals surface area contributed by atoms with Crippen LogP contribution in [0.5, 0.6) is 0 Å². The van der Waals surface area contributed by atoms with Crippen molar-refractivity contribution < 1.29 is 14.4 Å². The Balaban J connectivity index is 1.46. The highest BCUT2D eigenvalue weighted by Gasteiger charge is 2.13. The van der Waals surface area contributed by atoms with Gasteiger partial charge in [0.15, 0.2) is 0 Å². The van der Waals surface area contributed by atoms with Gasteiger partial charge in [-0.15, -0.1) is 0 Å². The van der Waals surface area contributed by atoms with Gasteiger partial charge in [0, 0.05) is 40.2 Å². The minimum absolute atomic E-state index is 0.228. The molecule has 2 heterocycles. The number of hydrogen-bond donors (Lipinski definition) is 3. The zero-order valence-corrected chi connectivity index (χ0v) is 20.6. The van der Waals surface area contributed by atoms with Crippen molar-refractivity contribution in [2.24, 2.45) is 5.73 Å². The van der Waals surface area contributed by atoms with Crippen molar-refractivity contribution in [1.82, 2.24) is 15.0 Å². The van der Waals surface area contributed by atoms with E-state index in [1.807, 2.05) is 42.5 Å². The summed E-state index contributed by atoms with van der Waals surface area (Å²) in [6, 6.07) is 21.5. The Kier molecular flexibility index (Phi) is 6.87.